The molecule has 0 heterocycles. The van der Waals surface area contributed by atoms with Crippen molar-refractivity contribution in [2.75, 3.05) is 6.61 Å². The SMILES string of the molecule is CC/C=C/C=C/C=C\CCCCCC(CC(=O)NC(CO)C(O)CCCCCCCCCCCCCCCCC)OC(=O)CCCCCCCCCCC/C=C/CCCCCCCC. The summed E-state index contributed by atoms with van der Waals surface area (Å²) in [6.45, 7) is 6.36. The van der Waals surface area contributed by atoms with E-state index in [1.54, 1.807) is 0 Å². The van der Waals surface area contributed by atoms with E-state index in [-0.39, 0.29) is 24.9 Å². The molecule has 0 saturated heterocycles. The van der Waals surface area contributed by atoms with Crippen molar-refractivity contribution >= 4 is 11.9 Å². The van der Waals surface area contributed by atoms with Crippen LogP contribution in [0, 0.1) is 0 Å². The summed E-state index contributed by atoms with van der Waals surface area (Å²) in [5.74, 6) is -0.503. The topological polar surface area (TPSA) is 95.9 Å². The van der Waals surface area contributed by atoms with Gasteiger partial charge in [0.05, 0.1) is 25.2 Å². The summed E-state index contributed by atoms with van der Waals surface area (Å²) in [5.41, 5.74) is 0. The lowest BCUT2D eigenvalue weighted by Gasteiger charge is -2.24. The van der Waals surface area contributed by atoms with Gasteiger partial charge in [-0.15, -0.1) is 0 Å². The number of hydrogen-bond acceptors (Lipinski definition) is 5. The predicted molar refractivity (Wildman–Crippen MR) is 278 cm³/mol. The Morgan fingerprint density at radius 3 is 1.33 bits per heavy atom. The molecular weight excluding hydrogens is 791 g/mol. The van der Waals surface area contributed by atoms with Gasteiger partial charge in [-0.1, -0.05) is 249 Å². The molecule has 0 aromatic carbocycles. The quantitative estimate of drug-likeness (QED) is 0.0245. The molecule has 0 radical (unpaired) electrons. The van der Waals surface area contributed by atoms with Crippen LogP contribution in [0.2, 0.25) is 0 Å². The fraction of sp³-hybridized carbons (Fsp3) is 0.828. The van der Waals surface area contributed by atoms with Crippen LogP contribution in [0.25, 0.3) is 0 Å². The molecule has 0 spiro atoms. The summed E-state index contributed by atoms with van der Waals surface area (Å²) in [7, 11) is 0. The van der Waals surface area contributed by atoms with E-state index < -0.39 is 18.2 Å². The third kappa shape index (κ3) is 46.4. The monoisotopic (exact) mass is 898 g/mol. The summed E-state index contributed by atoms with van der Waals surface area (Å²) >= 11 is 0. The number of ether oxygens (including phenoxy) is 1. The molecule has 0 aromatic rings. The van der Waals surface area contributed by atoms with Crippen molar-refractivity contribution in [2.45, 2.75) is 302 Å². The number of aliphatic hydroxyl groups excluding tert-OH is 2. The molecule has 64 heavy (non-hydrogen) atoms. The van der Waals surface area contributed by atoms with Crippen molar-refractivity contribution in [3.05, 3.63) is 48.6 Å². The second-order valence-electron chi connectivity index (χ2n) is 19.0. The first-order valence-corrected chi connectivity index (χ1v) is 27.9. The molecule has 6 nitrogen and oxygen atoms in total. The third-order valence-electron chi connectivity index (χ3n) is 12.7. The van der Waals surface area contributed by atoms with Crippen LogP contribution >= 0.6 is 0 Å². The minimum Gasteiger partial charge on any atom is -0.462 e. The zero-order chi connectivity index (χ0) is 46.7. The van der Waals surface area contributed by atoms with Gasteiger partial charge in [0.25, 0.3) is 0 Å². The molecular formula is C58H107NO5. The number of carbonyl (C=O) groups excluding carboxylic acids is 2. The Hall–Kier alpha value is -2.18. The van der Waals surface area contributed by atoms with E-state index in [1.807, 2.05) is 6.08 Å². The number of allylic oxidation sites excluding steroid dienone is 8. The van der Waals surface area contributed by atoms with Crippen molar-refractivity contribution in [3.63, 3.8) is 0 Å². The van der Waals surface area contributed by atoms with Crippen LogP contribution in [0.5, 0.6) is 0 Å². The Labute approximate surface area is 397 Å². The van der Waals surface area contributed by atoms with E-state index in [0.29, 0.717) is 19.3 Å². The second kappa shape index (κ2) is 51.8. The maximum atomic E-state index is 13.2. The molecule has 0 rings (SSSR count). The zero-order valence-electron chi connectivity index (χ0n) is 42.7. The number of amides is 1. The Kier molecular flexibility index (Phi) is 50.0. The summed E-state index contributed by atoms with van der Waals surface area (Å²) in [4.78, 5) is 26.2. The number of esters is 1. The van der Waals surface area contributed by atoms with Gasteiger partial charge in [-0.2, -0.15) is 0 Å². The lowest BCUT2D eigenvalue weighted by atomic mass is 10.0. The molecule has 3 atom stereocenters. The Bertz CT molecular complexity index is 1100. The fourth-order valence-electron chi connectivity index (χ4n) is 8.49. The van der Waals surface area contributed by atoms with Crippen molar-refractivity contribution in [1.82, 2.24) is 5.32 Å². The molecule has 0 aliphatic carbocycles. The van der Waals surface area contributed by atoms with Gasteiger partial charge < -0.3 is 20.3 Å². The molecule has 0 bridgehead atoms. The number of aliphatic hydroxyl groups is 2. The number of nitrogens with one attached hydrogen (secondary N) is 1. The number of carbonyl (C=O) groups is 2. The van der Waals surface area contributed by atoms with Crippen molar-refractivity contribution < 1.29 is 24.5 Å². The first-order valence-electron chi connectivity index (χ1n) is 27.9. The highest BCUT2D eigenvalue weighted by atomic mass is 16.5. The lowest BCUT2D eigenvalue weighted by Crippen LogP contribution is -2.46. The van der Waals surface area contributed by atoms with Crippen LogP contribution in [0.3, 0.4) is 0 Å². The number of rotatable bonds is 50. The highest BCUT2D eigenvalue weighted by Gasteiger charge is 2.24. The van der Waals surface area contributed by atoms with E-state index in [0.717, 1.165) is 70.6 Å². The minimum absolute atomic E-state index is 0.0549. The molecule has 0 fully saturated rings. The Balaban J connectivity index is 4.47. The molecule has 374 valence electrons. The van der Waals surface area contributed by atoms with E-state index in [2.05, 4.69) is 68.6 Å². The van der Waals surface area contributed by atoms with Gasteiger partial charge in [0, 0.05) is 6.42 Å². The normalized spacial score (nSPS) is 13.5. The van der Waals surface area contributed by atoms with Crippen LogP contribution in [-0.2, 0) is 14.3 Å². The van der Waals surface area contributed by atoms with Gasteiger partial charge in [0.1, 0.15) is 6.10 Å². The van der Waals surface area contributed by atoms with E-state index >= 15 is 0 Å². The predicted octanol–water partition coefficient (Wildman–Crippen LogP) is 17.0. The van der Waals surface area contributed by atoms with Gasteiger partial charge in [-0.25, -0.2) is 0 Å². The first kappa shape index (κ1) is 61.8. The van der Waals surface area contributed by atoms with Crippen molar-refractivity contribution in [3.8, 4) is 0 Å². The van der Waals surface area contributed by atoms with Crippen molar-refractivity contribution in [2.24, 2.45) is 0 Å². The number of unbranched alkanes of at least 4 members (excludes halogenated alkanes) is 32. The minimum atomic E-state index is -0.797. The number of hydrogen-bond donors (Lipinski definition) is 3. The maximum Gasteiger partial charge on any atom is 0.306 e. The van der Waals surface area contributed by atoms with Crippen LogP contribution in [-0.4, -0.2) is 46.9 Å². The molecule has 0 aliphatic rings. The maximum absolute atomic E-state index is 13.2. The summed E-state index contributed by atoms with van der Waals surface area (Å²) < 4.78 is 5.93. The molecule has 3 unspecified atom stereocenters. The first-order chi connectivity index (χ1) is 31.5. The smallest absolute Gasteiger partial charge is 0.306 e. The molecule has 1 amide bonds. The van der Waals surface area contributed by atoms with E-state index in [9.17, 15) is 19.8 Å². The van der Waals surface area contributed by atoms with Crippen LogP contribution in [0.1, 0.15) is 284 Å². The zero-order valence-corrected chi connectivity index (χ0v) is 42.7. The van der Waals surface area contributed by atoms with Gasteiger partial charge in [-0.05, 0) is 70.6 Å². The highest BCUT2D eigenvalue weighted by Crippen LogP contribution is 2.18. The third-order valence-corrected chi connectivity index (χ3v) is 12.7. The molecule has 0 saturated carbocycles. The summed E-state index contributed by atoms with van der Waals surface area (Å²) in [5, 5.41) is 23.8. The fourth-order valence-corrected chi connectivity index (χ4v) is 8.49. The molecule has 0 aromatic heterocycles. The van der Waals surface area contributed by atoms with Gasteiger partial charge in [0.2, 0.25) is 5.91 Å². The average molecular weight is 898 g/mol. The Morgan fingerprint density at radius 2 is 0.859 bits per heavy atom. The largest absolute Gasteiger partial charge is 0.462 e. The molecule has 6 heteroatoms. The van der Waals surface area contributed by atoms with Gasteiger partial charge in [0.15, 0.2) is 0 Å². The lowest BCUT2D eigenvalue weighted by molar-refractivity contribution is -0.151. The van der Waals surface area contributed by atoms with Gasteiger partial charge in [-0.3, -0.25) is 9.59 Å². The molecule has 0 aliphatic heterocycles. The van der Waals surface area contributed by atoms with Crippen LogP contribution in [0.4, 0.5) is 0 Å². The highest BCUT2D eigenvalue weighted by molar-refractivity contribution is 5.77. The van der Waals surface area contributed by atoms with Gasteiger partial charge >= 0.3 is 5.97 Å². The van der Waals surface area contributed by atoms with Crippen LogP contribution in [0.15, 0.2) is 48.6 Å². The molecule has 3 N–H and O–H groups in total. The Morgan fingerprint density at radius 1 is 0.469 bits per heavy atom. The van der Waals surface area contributed by atoms with Crippen LogP contribution < -0.4 is 5.32 Å². The summed E-state index contributed by atoms with van der Waals surface area (Å²) in [6.07, 6.45) is 63.3. The second-order valence-corrected chi connectivity index (χ2v) is 19.0. The van der Waals surface area contributed by atoms with E-state index in [4.69, 9.17) is 4.74 Å². The van der Waals surface area contributed by atoms with Crippen molar-refractivity contribution in [1.29, 1.82) is 0 Å². The summed E-state index contributed by atoms with van der Waals surface area (Å²) in [6, 6.07) is -0.713. The standard InChI is InChI=1S/C58H107NO5/c1-4-7-10-13-16-19-22-24-26-27-28-29-31-33-36-39-42-45-48-51-58(63)64-54(49-46-43-40-37-34-21-18-15-12-9-6-3)52-57(62)59-55(53-60)56(61)50-47-44-41-38-35-32-30-25-23-20-17-14-11-8-5-2/h9,12,15,18,21,24,26,34,54-56,60-61H,4-8,10-11,13-14,16-17,19-20,22-23,25,27-33,35-53H2,1-3H3,(H,59,62)/b12-9+,18-15+,26-24+,34-21-. The average Bonchev–Trinajstić information content (AvgIpc) is 3.29. The van der Waals surface area contributed by atoms with E-state index in [1.165, 1.54) is 167 Å².